The minimum Gasteiger partial charge on any atom is -0.332 e. The summed E-state index contributed by atoms with van der Waals surface area (Å²) in [6.45, 7) is 6.84. The average Bonchev–Trinajstić information content (AvgIpc) is 2.92. The molecule has 1 N–H and O–H groups in total. The third-order valence-corrected chi connectivity index (χ3v) is 4.26. The Kier molecular flexibility index (Phi) is 3.66. The lowest BCUT2D eigenvalue weighted by Crippen LogP contribution is -2.30. The molecule has 4 nitrogen and oxygen atoms in total. The van der Waals surface area contributed by atoms with Crippen LogP contribution in [0.1, 0.15) is 44.3 Å². The summed E-state index contributed by atoms with van der Waals surface area (Å²) in [5, 5.41) is 3.56. The maximum absolute atomic E-state index is 4.34. The van der Waals surface area contributed by atoms with Gasteiger partial charge in [-0.3, -0.25) is 4.90 Å². The number of hydrogen-bond donors (Lipinski definition) is 1. The number of aromatic nitrogens is 2. The van der Waals surface area contributed by atoms with Gasteiger partial charge in [0.05, 0.1) is 12.0 Å². The van der Waals surface area contributed by atoms with Crippen molar-refractivity contribution >= 4 is 0 Å². The number of hydrogen-bond acceptors (Lipinski definition) is 3. The van der Waals surface area contributed by atoms with Crippen LogP contribution in [-0.4, -0.2) is 40.1 Å². The third-order valence-electron chi connectivity index (χ3n) is 4.26. The highest BCUT2D eigenvalue weighted by Crippen LogP contribution is 2.27. The summed E-state index contributed by atoms with van der Waals surface area (Å²) >= 11 is 0. The van der Waals surface area contributed by atoms with Crippen molar-refractivity contribution in [1.82, 2.24) is 19.8 Å². The van der Waals surface area contributed by atoms with Gasteiger partial charge in [-0.15, -0.1) is 0 Å². The molecule has 2 heterocycles. The van der Waals surface area contributed by atoms with Crippen LogP contribution in [0.5, 0.6) is 0 Å². The summed E-state index contributed by atoms with van der Waals surface area (Å²) < 4.78 is 2.34. The molecule has 0 amide bonds. The van der Waals surface area contributed by atoms with E-state index < -0.39 is 0 Å². The molecule has 2 fully saturated rings. The molecule has 1 atom stereocenters. The van der Waals surface area contributed by atoms with Crippen molar-refractivity contribution in [2.45, 2.75) is 51.2 Å². The Morgan fingerprint density at radius 2 is 2.33 bits per heavy atom. The fraction of sp³-hybridized carbons (Fsp3) is 0.786. The van der Waals surface area contributed by atoms with Gasteiger partial charge in [0.1, 0.15) is 0 Å². The van der Waals surface area contributed by atoms with Gasteiger partial charge in [0.15, 0.2) is 0 Å². The van der Waals surface area contributed by atoms with Gasteiger partial charge >= 0.3 is 0 Å². The Bertz CT molecular complexity index is 377. The molecule has 2 aliphatic rings. The number of likely N-dealkylation sites (N-methyl/N-ethyl adjacent to an activating group) is 1. The topological polar surface area (TPSA) is 33.1 Å². The highest BCUT2D eigenvalue weighted by molar-refractivity contribution is 5.07. The fourth-order valence-electron chi connectivity index (χ4n) is 3.02. The van der Waals surface area contributed by atoms with Gasteiger partial charge in [-0.1, -0.05) is 6.92 Å². The predicted octanol–water partition coefficient (Wildman–Crippen LogP) is 1.79. The summed E-state index contributed by atoms with van der Waals surface area (Å²) in [4.78, 5) is 6.94. The second-order valence-electron chi connectivity index (χ2n) is 5.52. The maximum atomic E-state index is 4.34. The minimum absolute atomic E-state index is 0.531. The van der Waals surface area contributed by atoms with Gasteiger partial charge in [-0.05, 0) is 38.8 Å². The molecule has 0 radical (unpaired) electrons. The Morgan fingerprint density at radius 3 is 3.00 bits per heavy atom. The van der Waals surface area contributed by atoms with Crippen LogP contribution in [0.3, 0.4) is 0 Å². The maximum Gasteiger partial charge on any atom is 0.0949 e. The SMILES string of the molecule is CCN(CCn1cncc1C1CCCN1)C1CC1. The Labute approximate surface area is 109 Å². The van der Waals surface area contributed by atoms with E-state index in [9.17, 15) is 0 Å². The van der Waals surface area contributed by atoms with Crippen LogP contribution in [-0.2, 0) is 6.54 Å². The lowest BCUT2D eigenvalue weighted by Gasteiger charge is -2.21. The van der Waals surface area contributed by atoms with Crippen LogP contribution in [0.15, 0.2) is 12.5 Å². The Hall–Kier alpha value is -0.870. The standard InChI is InChI=1S/C14H24N4/c1-2-17(12-5-6-12)8-9-18-11-15-10-14(18)13-4-3-7-16-13/h10-13,16H,2-9H2,1H3. The second-order valence-corrected chi connectivity index (χ2v) is 5.52. The van der Waals surface area contributed by atoms with Crippen molar-refractivity contribution in [1.29, 1.82) is 0 Å². The molecule has 100 valence electrons. The second kappa shape index (κ2) is 5.41. The zero-order valence-corrected chi connectivity index (χ0v) is 11.3. The highest BCUT2D eigenvalue weighted by atomic mass is 15.2. The van der Waals surface area contributed by atoms with Crippen LogP contribution in [0.2, 0.25) is 0 Å². The molecule has 3 rings (SSSR count). The molecule has 0 spiro atoms. The normalized spacial score (nSPS) is 24.0. The van der Waals surface area contributed by atoms with Crippen LogP contribution < -0.4 is 5.32 Å². The average molecular weight is 248 g/mol. The van der Waals surface area contributed by atoms with Crippen LogP contribution >= 0.6 is 0 Å². The van der Waals surface area contributed by atoms with E-state index in [-0.39, 0.29) is 0 Å². The first-order valence-corrected chi connectivity index (χ1v) is 7.36. The van der Waals surface area contributed by atoms with Crippen LogP contribution in [0.25, 0.3) is 0 Å². The quantitative estimate of drug-likeness (QED) is 0.833. The fourth-order valence-corrected chi connectivity index (χ4v) is 3.02. The van der Waals surface area contributed by atoms with Crippen molar-refractivity contribution in [2.75, 3.05) is 19.6 Å². The van der Waals surface area contributed by atoms with E-state index in [1.165, 1.54) is 37.9 Å². The molecule has 0 aromatic carbocycles. The highest BCUT2D eigenvalue weighted by Gasteiger charge is 2.27. The lowest BCUT2D eigenvalue weighted by atomic mass is 10.2. The molecule has 4 heteroatoms. The monoisotopic (exact) mass is 248 g/mol. The first kappa shape index (κ1) is 12.2. The zero-order valence-electron chi connectivity index (χ0n) is 11.3. The van der Waals surface area contributed by atoms with E-state index in [1.807, 2.05) is 12.5 Å². The smallest absolute Gasteiger partial charge is 0.0949 e. The number of imidazole rings is 1. The summed E-state index contributed by atoms with van der Waals surface area (Å²) in [6, 6.07) is 1.40. The van der Waals surface area contributed by atoms with Gasteiger partial charge in [0.25, 0.3) is 0 Å². The van der Waals surface area contributed by atoms with Crippen molar-refractivity contribution in [3.05, 3.63) is 18.2 Å². The minimum atomic E-state index is 0.531. The number of nitrogens with zero attached hydrogens (tertiary/aromatic N) is 3. The van der Waals surface area contributed by atoms with E-state index in [2.05, 4.69) is 26.7 Å². The Balaban J connectivity index is 1.59. The van der Waals surface area contributed by atoms with Crippen molar-refractivity contribution < 1.29 is 0 Å². The first-order chi connectivity index (χ1) is 8.88. The first-order valence-electron chi connectivity index (χ1n) is 7.36. The summed E-state index contributed by atoms with van der Waals surface area (Å²) in [6.07, 6.45) is 9.38. The molecular weight excluding hydrogens is 224 g/mol. The van der Waals surface area contributed by atoms with Crippen LogP contribution in [0.4, 0.5) is 0 Å². The largest absolute Gasteiger partial charge is 0.332 e. The van der Waals surface area contributed by atoms with Gasteiger partial charge in [0.2, 0.25) is 0 Å². The number of rotatable bonds is 6. The molecule has 1 aromatic rings. The Morgan fingerprint density at radius 1 is 1.44 bits per heavy atom. The molecule has 18 heavy (non-hydrogen) atoms. The van der Waals surface area contributed by atoms with Crippen molar-refractivity contribution in [2.24, 2.45) is 0 Å². The van der Waals surface area contributed by atoms with Crippen LogP contribution in [0, 0.1) is 0 Å². The van der Waals surface area contributed by atoms with E-state index in [4.69, 9.17) is 0 Å². The molecule has 1 aliphatic carbocycles. The van der Waals surface area contributed by atoms with E-state index in [0.717, 1.165) is 25.7 Å². The summed E-state index contributed by atoms with van der Waals surface area (Å²) in [7, 11) is 0. The van der Waals surface area contributed by atoms with Crippen molar-refractivity contribution in [3.8, 4) is 0 Å². The molecule has 1 aromatic heterocycles. The van der Waals surface area contributed by atoms with Gasteiger partial charge in [-0.25, -0.2) is 4.98 Å². The van der Waals surface area contributed by atoms with E-state index >= 15 is 0 Å². The zero-order chi connectivity index (χ0) is 12.4. The predicted molar refractivity (Wildman–Crippen MR) is 72.5 cm³/mol. The van der Waals surface area contributed by atoms with Gasteiger partial charge in [-0.2, -0.15) is 0 Å². The molecule has 1 saturated heterocycles. The van der Waals surface area contributed by atoms with Gasteiger partial charge in [0, 0.05) is 31.4 Å². The molecule has 1 aliphatic heterocycles. The molecule has 1 unspecified atom stereocenters. The summed E-state index contributed by atoms with van der Waals surface area (Å²) in [5.74, 6) is 0. The molecule has 1 saturated carbocycles. The summed E-state index contributed by atoms with van der Waals surface area (Å²) in [5.41, 5.74) is 1.37. The van der Waals surface area contributed by atoms with Gasteiger partial charge < -0.3 is 9.88 Å². The van der Waals surface area contributed by atoms with E-state index in [0.29, 0.717) is 6.04 Å². The third kappa shape index (κ3) is 2.59. The van der Waals surface area contributed by atoms with Crippen molar-refractivity contribution in [3.63, 3.8) is 0 Å². The number of nitrogens with one attached hydrogen (secondary N) is 1. The lowest BCUT2D eigenvalue weighted by molar-refractivity contribution is 0.264. The molecular formula is C14H24N4. The molecule has 0 bridgehead atoms. The van der Waals surface area contributed by atoms with E-state index in [1.54, 1.807) is 0 Å².